The minimum absolute atomic E-state index is 0.159. The lowest BCUT2D eigenvalue weighted by molar-refractivity contribution is -0.113. The topological polar surface area (TPSA) is 99.0 Å². The van der Waals surface area contributed by atoms with Crippen LogP contribution in [0.25, 0.3) is 0 Å². The summed E-state index contributed by atoms with van der Waals surface area (Å²) in [5.74, 6) is 0.349. The molecule has 0 aliphatic heterocycles. The standard InChI is InChI=1S/C16H21N5O3S2/c1-5-8-21-11(6-2)19-20-16(21)25-9-12(22)18-15-17-10(4)13(26-15)14(23)24-7-3/h5H,1,6-9H2,2-4H3,(H,17,18,22). The first kappa shape index (κ1) is 20.1. The molecule has 1 amide bonds. The zero-order chi connectivity index (χ0) is 19.1. The quantitative estimate of drug-likeness (QED) is 0.396. The van der Waals surface area contributed by atoms with Gasteiger partial charge in [0.1, 0.15) is 10.7 Å². The Hall–Kier alpha value is -2.20. The summed E-state index contributed by atoms with van der Waals surface area (Å²) in [6, 6.07) is 0. The fourth-order valence-electron chi connectivity index (χ4n) is 2.12. The van der Waals surface area contributed by atoms with E-state index in [2.05, 4.69) is 27.1 Å². The highest BCUT2D eigenvalue weighted by atomic mass is 32.2. The SMILES string of the molecule is C=CCn1c(CC)nnc1SCC(=O)Nc1nc(C)c(C(=O)OCC)s1. The van der Waals surface area contributed by atoms with Crippen LogP contribution in [0.5, 0.6) is 0 Å². The van der Waals surface area contributed by atoms with Crippen molar-refractivity contribution in [1.82, 2.24) is 19.7 Å². The van der Waals surface area contributed by atoms with E-state index in [4.69, 9.17) is 4.74 Å². The van der Waals surface area contributed by atoms with Crippen molar-refractivity contribution in [2.45, 2.75) is 38.9 Å². The number of thiazole rings is 1. The number of hydrogen-bond donors (Lipinski definition) is 1. The van der Waals surface area contributed by atoms with Crippen LogP contribution < -0.4 is 5.32 Å². The number of nitrogens with zero attached hydrogens (tertiary/aromatic N) is 4. The molecule has 10 heteroatoms. The fourth-order valence-corrected chi connectivity index (χ4v) is 3.76. The molecule has 0 atom stereocenters. The van der Waals surface area contributed by atoms with Gasteiger partial charge < -0.3 is 14.6 Å². The maximum atomic E-state index is 12.2. The molecule has 0 bridgehead atoms. The van der Waals surface area contributed by atoms with Crippen molar-refractivity contribution in [2.75, 3.05) is 17.7 Å². The van der Waals surface area contributed by atoms with E-state index in [0.717, 1.165) is 23.6 Å². The minimum atomic E-state index is -0.429. The number of aromatic nitrogens is 4. The van der Waals surface area contributed by atoms with E-state index in [1.807, 2.05) is 11.5 Å². The summed E-state index contributed by atoms with van der Waals surface area (Å²) in [6.45, 7) is 10.1. The van der Waals surface area contributed by atoms with E-state index >= 15 is 0 Å². The fraction of sp³-hybridized carbons (Fsp3) is 0.438. The molecule has 1 N–H and O–H groups in total. The van der Waals surface area contributed by atoms with Crippen LogP contribution in [-0.2, 0) is 22.5 Å². The first-order chi connectivity index (χ1) is 12.5. The maximum Gasteiger partial charge on any atom is 0.350 e. The van der Waals surface area contributed by atoms with Gasteiger partial charge in [-0.3, -0.25) is 4.79 Å². The summed E-state index contributed by atoms with van der Waals surface area (Å²) in [5, 5.41) is 12.0. The molecular formula is C16H21N5O3S2. The molecule has 140 valence electrons. The van der Waals surface area contributed by atoms with Crippen LogP contribution >= 0.6 is 23.1 Å². The molecule has 2 heterocycles. The summed E-state index contributed by atoms with van der Waals surface area (Å²) >= 11 is 2.39. The highest BCUT2D eigenvalue weighted by molar-refractivity contribution is 7.99. The summed E-state index contributed by atoms with van der Waals surface area (Å²) < 4.78 is 6.90. The molecule has 0 aliphatic carbocycles. The molecule has 8 nitrogen and oxygen atoms in total. The highest BCUT2D eigenvalue weighted by Gasteiger charge is 2.18. The van der Waals surface area contributed by atoms with Crippen molar-refractivity contribution >= 4 is 40.1 Å². The van der Waals surface area contributed by atoms with E-state index in [9.17, 15) is 9.59 Å². The van der Waals surface area contributed by atoms with Gasteiger partial charge in [0, 0.05) is 13.0 Å². The number of aryl methyl sites for hydroxylation is 2. The Labute approximate surface area is 160 Å². The number of hydrogen-bond acceptors (Lipinski definition) is 8. The van der Waals surface area contributed by atoms with Crippen molar-refractivity contribution in [1.29, 1.82) is 0 Å². The number of rotatable bonds is 9. The molecule has 2 rings (SSSR count). The summed E-state index contributed by atoms with van der Waals surface area (Å²) in [7, 11) is 0. The molecule has 26 heavy (non-hydrogen) atoms. The Morgan fingerprint density at radius 1 is 1.38 bits per heavy atom. The van der Waals surface area contributed by atoms with Gasteiger partial charge in [0.05, 0.1) is 18.1 Å². The van der Waals surface area contributed by atoms with Crippen molar-refractivity contribution in [3.05, 3.63) is 29.1 Å². The molecule has 0 aromatic carbocycles. The average molecular weight is 396 g/mol. The molecule has 0 saturated heterocycles. The van der Waals surface area contributed by atoms with Crippen LogP contribution in [0.3, 0.4) is 0 Å². The van der Waals surface area contributed by atoms with Gasteiger partial charge in [-0.25, -0.2) is 9.78 Å². The lowest BCUT2D eigenvalue weighted by Gasteiger charge is -2.06. The summed E-state index contributed by atoms with van der Waals surface area (Å²) in [6.07, 6.45) is 2.52. The Balaban J connectivity index is 1.97. The number of nitrogens with one attached hydrogen (secondary N) is 1. The first-order valence-corrected chi connectivity index (χ1v) is 9.90. The maximum absolute atomic E-state index is 12.2. The zero-order valence-electron chi connectivity index (χ0n) is 14.9. The van der Waals surface area contributed by atoms with Crippen molar-refractivity contribution in [3.8, 4) is 0 Å². The van der Waals surface area contributed by atoms with Crippen LogP contribution in [0.2, 0.25) is 0 Å². The van der Waals surface area contributed by atoms with Gasteiger partial charge in [-0.2, -0.15) is 0 Å². The minimum Gasteiger partial charge on any atom is -0.462 e. The molecule has 0 radical (unpaired) electrons. The lowest BCUT2D eigenvalue weighted by Crippen LogP contribution is -2.14. The van der Waals surface area contributed by atoms with Gasteiger partial charge in [-0.1, -0.05) is 36.1 Å². The Kier molecular flexibility index (Phi) is 7.34. The third-order valence-electron chi connectivity index (χ3n) is 3.26. The van der Waals surface area contributed by atoms with E-state index in [1.165, 1.54) is 11.8 Å². The van der Waals surface area contributed by atoms with Gasteiger partial charge in [0.15, 0.2) is 10.3 Å². The number of amides is 1. The van der Waals surface area contributed by atoms with Crippen LogP contribution in [-0.4, -0.2) is 44.0 Å². The second-order valence-electron chi connectivity index (χ2n) is 5.14. The predicted molar refractivity (Wildman–Crippen MR) is 102 cm³/mol. The third-order valence-corrected chi connectivity index (χ3v) is 5.28. The van der Waals surface area contributed by atoms with E-state index < -0.39 is 5.97 Å². The van der Waals surface area contributed by atoms with Gasteiger partial charge in [0.2, 0.25) is 5.91 Å². The number of carbonyl (C=O) groups excluding carboxylic acids is 2. The molecule has 0 aliphatic rings. The van der Waals surface area contributed by atoms with Gasteiger partial charge in [0.25, 0.3) is 0 Å². The van der Waals surface area contributed by atoms with Gasteiger partial charge in [-0.05, 0) is 13.8 Å². The van der Waals surface area contributed by atoms with Gasteiger partial charge in [-0.15, -0.1) is 16.8 Å². The monoisotopic (exact) mass is 395 g/mol. The third kappa shape index (κ3) is 4.92. The molecule has 0 spiro atoms. The van der Waals surface area contributed by atoms with Gasteiger partial charge >= 0.3 is 5.97 Å². The Morgan fingerprint density at radius 3 is 2.81 bits per heavy atom. The smallest absolute Gasteiger partial charge is 0.350 e. The largest absolute Gasteiger partial charge is 0.462 e. The Bertz CT molecular complexity index is 800. The summed E-state index contributed by atoms with van der Waals surface area (Å²) in [4.78, 5) is 28.6. The van der Waals surface area contributed by atoms with Crippen LogP contribution in [0.15, 0.2) is 17.8 Å². The highest BCUT2D eigenvalue weighted by Crippen LogP contribution is 2.24. The molecule has 0 unspecified atom stereocenters. The van der Waals surface area contributed by atoms with Crippen LogP contribution in [0.1, 0.15) is 35.0 Å². The second kappa shape index (κ2) is 9.48. The van der Waals surface area contributed by atoms with E-state index in [1.54, 1.807) is 19.9 Å². The number of esters is 1. The first-order valence-electron chi connectivity index (χ1n) is 8.10. The number of ether oxygens (including phenoxy) is 1. The molecular weight excluding hydrogens is 374 g/mol. The van der Waals surface area contributed by atoms with Crippen molar-refractivity contribution in [2.24, 2.45) is 0 Å². The molecule has 0 saturated carbocycles. The van der Waals surface area contributed by atoms with Crippen molar-refractivity contribution < 1.29 is 14.3 Å². The number of carbonyl (C=O) groups is 2. The predicted octanol–water partition coefficient (Wildman–Crippen LogP) is 2.70. The van der Waals surface area contributed by atoms with E-state index in [-0.39, 0.29) is 11.7 Å². The zero-order valence-corrected chi connectivity index (χ0v) is 16.6. The lowest BCUT2D eigenvalue weighted by atomic mass is 10.4. The number of allylic oxidation sites excluding steroid dienone is 1. The number of thioether (sulfide) groups is 1. The normalized spacial score (nSPS) is 10.6. The van der Waals surface area contributed by atoms with Crippen LogP contribution in [0, 0.1) is 6.92 Å². The second-order valence-corrected chi connectivity index (χ2v) is 7.08. The van der Waals surface area contributed by atoms with E-state index in [0.29, 0.717) is 34.0 Å². The molecule has 2 aromatic heterocycles. The molecule has 2 aromatic rings. The summed E-state index contributed by atoms with van der Waals surface area (Å²) in [5.41, 5.74) is 0.537. The average Bonchev–Trinajstić information content (AvgIpc) is 3.16. The van der Waals surface area contributed by atoms with Crippen molar-refractivity contribution in [3.63, 3.8) is 0 Å². The molecule has 0 fully saturated rings. The Morgan fingerprint density at radius 2 is 2.15 bits per heavy atom. The van der Waals surface area contributed by atoms with Crippen LogP contribution in [0.4, 0.5) is 5.13 Å². The number of anilines is 1.